The van der Waals surface area contributed by atoms with Crippen molar-refractivity contribution >= 4 is 40.9 Å². The molecule has 1 spiro atoms. The van der Waals surface area contributed by atoms with Gasteiger partial charge in [-0.25, -0.2) is 0 Å². The van der Waals surface area contributed by atoms with Gasteiger partial charge < -0.3 is 19.8 Å². The fourth-order valence-electron chi connectivity index (χ4n) is 7.56. The van der Waals surface area contributed by atoms with Crippen molar-refractivity contribution in [3.05, 3.63) is 85.0 Å². The molecule has 3 fully saturated rings. The van der Waals surface area contributed by atoms with E-state index in [2.05, 4.69) is 13.2 Å². The van der Waals surface area contributed by atoms with Gasteiger partial charge in [0.2, 0.25) is 11.8 Å². The summed E-state index contributed by atoms with van der Waals surface area (Å²) in [6.07, 6.45) is 7.04. The molecule has 7 nitrogen and oxygen atoms in total. The first-order valence-corrected chi connectivity index (χ1v) is 16.2. The van der Waals surface area contributed by atoms with Gasteiger partial charge in [-0.3, -0.25) is 14.4 Å². The molecule has 5 atom stereocenters. The van der Waals surface area contributed by atoms with Crippen molar-refractivity contribution in [2.75, 3.05) is 36.0 Å². The maximum Gasteiger partial charge on any atom is 0.251 e. The Morgan fingerprint density at radius 2 is 1.65 bits per heavy atom. The van der Waals surface area contributed by atoms with Gasteiger partial charge in [0.15, 0.2) is 0 Å². The summed E-state index contributed by atoms with van der Waals surface area (Å²) in [5.41, 5.74) is 3.61. The molecular weight excluding hydrogens is 558 g/mol. The van der Waals surface area contributed by atoms with Crippen LogP contribution in [-0.4, -0.2) is 70.0 Å². The number of carbonyl (C=O) groups excluding carboxylic acids is 3. The van der Waals surface area contributed by atoms with Crippen LogP contribution in [0.25, 0.3) is 0 Å². The van der Waals surface area contributed by atoms with E-state index >= 15 is 0 Å². The maximum atomic E-state index is 14.9. The average Bonchev–Trinajstić information content (AvgIpc) is 3.64. The van der Waals surface area contributed by atoms with Gasteiger partial charge in [-0.1, -0.05) is 48.6 Å². The maximum absolute atomic E-state index is 14.9. The van der Waals surface area contributed by atoms with E-state index in [0.29, 0.717) is 38.9 Å². The molecule has 0 radical (unpaired) electrons. The molecule has 0 saturated carbocycles. The standard InChI is InChI=1S/C35H43N3O4S/c1-5-20-36(26-16-9-7-10-17-26)32(40)28-27-18-19-35(43-27)29(28)33(41)38(22-11-8-12-23-39)31(35)34(42)37(21-6-2)30-24(3)14-13-15-25(30)4/h5-7,9-10,13-17,27-29,31,39H,1-2,8,11-12,18-23H2,3-4H3/t27-,28+,29+,31?,35?/m1/s1. The highest BCUT2D eigenvalue weighted by atomic mass is 32.2. The van der Waals surface area contributed by atoms with Crippen LogP contribution in [0, 0.1) is 25.7 Å². The number of hydrogen-bond acceptors (Lipinski definition) is 5. The zero-order valence-electron chi connectivity index (χ0n) is 25.3. The van der Waals surface area contributed by atoms with Gasteiger partial charge in [-0.15, -0.1) is 24.9 Å². The summed E-state index contributed by atoms with van der Waals surface area (Å²) < 4.78 is -0.678. The number of benzene rings is 2. The van der Waals surface area contributed by atoms with Crippen LogP contribution < -0.4 is 9.80 Å². The third-order valence-electron chi connectivity index (χ3n) is 9.31. The van der Waals surface area contributed by atoms with E-state index in [4.69, 9.17) is 0 Å². The van der Waals surface area contributed by atoms with E-state index in [-0.39, 0.29) is 29.6 Å². The van der Waals surface area contributed by atoms with Crippen LogP contribution >= 0.6 is 11.8 Å². The lowest BCUT2D eigenvalue weighted by atomic mass is 9.70. The number of aryl methyl sites for hydroxylation is 2. The smallest absolute Gasteiger partial charge is 0.251 e. The fraction of sp³-hybridized carbons (Fsp3) is 0.457. The number of hydrogen-bond donors (Lipinski definition) is 1. The van der Waals surface area contributed by atoms with E-state index in [9.17, 15) is 19.5 Å². The summed E-state index contributed by atoms with van der Waals surface area (Å²) in [6, 6.07) is 14.8. The van der Waals surface area contributed by atoms with Gasteiger partial charge >= 0.3 is 0 Å². The predicted molar refractivity (Wildman–Crippen MR) is 174 cm³/mol. The van der Waals surface area contributed by atoms with Crippen molar-refractivity contribution in [1.29, 1.82) is 0 Å². The number of aliphatic hydroxyl groups is 1. The first-order chi connectivity index (χ1) is 20.8. The van der Waals surface area contributed by atoms with Crippen molar-refractivity contribution in [3.8, 4) is 0 Å². The first-order valence-electron chi connectivity index (χ1n) is 15.4. The molecular formula is C35H43N3O4S. The molecule has 0 aliphatic carbocycles. The monoisotopic (exact) mass is 601 g/mol. The second-order valence-electron chi connectivity index (χ2n) is 11.9. The topological polar surface area (TPSA) is 81.2 Å². The van der Waals surface area contributed by atoms with Crippen LogP contribution in [0.15, 0.2) is 73.8 Å². The van der Waals surface area contributed by atoms with Crippen molar-refractivity contribution in [3.63, 3.8) is 0 Å². The summed E-state index contributed by atoms with van der Waals surface area (Å²) >= 11 is 1.69. The summed E-state index contributed by atoms with van der Waals surface area (Å²) in [5, 5.41) is 9.33. The molecule has 2 aromatic carbocycles. The molecule has 2 unspecified atom stereocenters. The Hall–Kier alpha value is -3.36. The van der Waals surface area contributed by atoms with Gasteiger partial charge in [-0.2, -0.15) is 0 Å². The number of para-hydroxylation sites is 2. The van der Waals surface area contributed by atoms with Gasteiger partial charge in [0.1, 0.15) is 6.04 Å². The van der Waals surface area contributed by atoms with Gasteiger partial charge in [-0.05, 0) is 69.2 Å². The molecule has 3 amide bonds. The Kier molecular flexibility index (Phi) is 9.47. The van der Waals surface area contributed by atoms with Crippen molar-refractivity contribution in [2.45, 2.75) is 62.0 Å². The molecule has 43 heavy (non-hydrogen) atoms. The number of carbonyl (C=O) groups is 3. The number of rotatable bonds is 13. The van der Waals surface area contributed by atoms with E-state index in [1.54, 1.807) is 38.6 Å². The summed E-state index contributed by atoms with van der Waals surface area (Å²) in [5.74, 6) is -1.37. The number of nitrogens with zero attached hydrogens (tertiary/aromatic N) is 3. The molecule has 228 valence electrons. The van der Waals surface area contributed by atoms with Crippen LogP contribution in [0.2, 0.25) is 0 Å². The molecule has 8 heteroatoms. The molecule has 1 N–H and O–H groups in total. The first kappa shape index (κ1) is 31.1. The zero-order chi connectivity index (χ0) is 30.7. The molecule has 5 rings (SSSR count). The lowest BCUT2D eigenvalue weighted by Gasteiger charge is -2.38. The highest BCUT2D eigenvalue weighted by Crippen LogP contribution is 2.67. The minimum absolute atomic E-state index is 0.0302. The second-order valence-corrected chi connectivity index (χ2v) is 13.5. The highest BCUT2D eigenvalue weighted by Gasteiger charge is 2.74. The fourth-order valence-corrected chi connectivity index (χ4v) is 9.77. The lowest BCUT2D eigenvalue weighted by Crippen LogP contribution is -2.55. The number of anilines is 2. The lowest BCUT2D eigenvalue weighted by molar-refractivity contribution is -0.139. The molecule has 3 heterocycles. The molecule has 3 saturated heterocycles. The normalized spacial score (nSPS) is 25.5. The van der Waals surface area contributed by atoms with Gasteiger partial charge in [0.05, 0.1) is 16.6 Å². The largest absolute Gasteiger partial charge is 0.396 e. The number of fused-ring (bicyclic) bond motifs is 1. The second kappa shape index (κ2) is 13.1. The molecule has 2 bridgehead atoms. The Balaban J connectivity index is 1.56. The summed E-state index contributed by atoms with van der Waals surface area (Å²) in [6.45, 7) is 13.0. The van der Waals surface area contributed by atoms with Crippen LogP contribution in [0.4, 0.5) is 11.4 Å². The van der Waals surface area contributed by atoms with Crippen molar-refractivity contribution < 1.29 is 19.5 Å². The van der Waals surface area contributed by atoms with Crippen LogP contribution in [0.1, 0.15) is 43.2 Å². The molecule has 2 aromatic rings. The van der Waals surface area contributed by atoms with Crippen molar-refractivity contribution in [1.82, 2.24) is 4.90 Å². The van der Waals surface area contributed by atoms with E-state index in [0.717, 1.165) is 35.3 Å². The number of unbranched alkanes of at least 4 members (excludes halogenated alkanes) is 2. The van der Waals surface area contributed by atoms with E-state index in [1.807, 2.05) is 62.4 Å². The molecule has 3 aliphatic rings. The van der Waals surface area contributed by atoms with Crippen LogP contribution in [-0.2, 0) is 14.4 Å². The Bertz CT molecular complexity index is 1360. The Morgan fingerprint density at radius 3 is 2.30 bits per heavy atom. The number of aliphatic hydroxyl groups excluding tert-OH is 1. The number of likely N-dealkylation sites (tertiary alicyclic amines) is 1. The van der Waals surface area contributed by atoms with Gasteiger partial charge in [0, 0.05) is 42.9 Å². The Morgan fingerprint density at radius 1 is 0.977 bits per heavy atom. The quantitative estimate of drug-likeness (QED) is 0.249. The molecule has 3 aliphatic heterocycles. The van der Waals surface area contributed by atoms with E-state index < -0.39 is 22.6 Å². The molecule has 0 aromatic heterocycles. The van der Waals surface area contributed by atoms with Crippen LogP contribution in [0.5, 0.6) is 0 Å². The van der Waals surface area contributed by atoms with Crippen molar-refractivity contribution in [2.24, 2.45) is 11.8 Å². The summed E-state index contributed by atoms with van der Waals surface area (Å²) in [4.78, 5) is 49.1. The zero-order valence-corrected chi connectivity index (χ0v) is 26.1. The number of amides is 3. The Labute approximate surface area is 259 Å². The van der Waals surface area contributed by atoms with Crippen LogP contribution in [0.3, 0.4) is 0 Å². The predicted octanol–water partition coefficient (Wildman–Crippen LogP) is 5.30. The average molecular weight is 602 g/mol. The SMILES string of the molecule is C=CCN(C(=O)[C@@H]1[C@H]2C(=O)N(CCCCCO)C(C(=O)N(CC=C)c3c(C)cccc3C)C23CC[C@H]1S3)c1ccccc1. The third-order valence-corrected chi connectivity index (χ3v) is 11.3. The number of thioether (sulfide) groups is 1. The van der Waals surface area contributed by atoms with E-state index in [1.165, 1.54) is 0 Å². The minimum atomic E-state index is -0.685. The third kappa shape index (κ3) is 5.44. The van der Waals surface area contributed by atoms with Gasteiger partial charge in [0.25, 0.3) is 5.91 Å². The summed E-state index contributed by atoms with van der Waals surface area (Å²) in [7, 11) is 0. The highest BCUT2D eigenvalue weighted by molar-refractivity contribution is 8.02. The minimum Gasteiger partial charge on any atom is -0.396 e.